The highest BCUT2D eigenvalue weighted by atomic mass is 14.9. The van der Waals surface area contributed by atoms with E-state index in [-0.39, 0.29) is 0 Å². The lowest BCUT2D eigenvalue weighted by atomic mass is 10.0. The molecule has 0 radical (unpaired) electrons. The third-order valence-electron chi connectivity index (χ3n) is 2.56. The van der Waals surface area contributed by atoms with Gasteiger partial charge >= 0.3 is 0 Å². The van der Waals surface area contributed by atoms with Crippen LogP contribution in [0.3, 0.4) is 0 Å². The maximum atomic E-state index is 5.85. The SMILES string of the molecule is CCC1NCc2c(N)cccc21. The van der Waals surface area contributed by atoms with Crippen LogP contribution < -0.4 is 11.1 Å². The molecule has 2 rings (SSSR count). The van der Waals surface area contributed by atoms with E-state index in [1.165, 1.54) is 11.1 Å². The molecular weight excluding hydrogens is 148 g/mol. The monoisotopic (exact) mass is 162 g/mol. The number of nitrogens with one attached hydrogen (secondary N) is 1. The van der Waals surface area contributed by atoms with Crippen molar-refractivity contribution in [1.82, 2.24) is 5.32 Å². The van der Waals surface area contributed by atoms with Gasteiger partial charge in [-0.2, -0.15) is 0 Å². The minimum atomic E-state index is 0.517. The minimum absolute atomic E-state index is 0.517. The Kier molecular flexibility index (Phi) is 1.77. The van der Waals surface area contributed by atoms with E-state index < -0.39 is 0 Å². The Morgan fingerprint density at radius 3 is 3.17 bits per heavy atom. The first-order chi connectivity index (χ1) is 5.83. The van der Waals surface area contributed by atoms with Crippen molar-refractivity contribution in [3.05, 3.63) is 29.3 Å². The number of nitrogen functional groups attached to an aromatic ring is 1. The average molecular weight is 162 g/mol. The molecule has 2 nitrogen and oxygen atoms in total. The third-order valence-corrected chi connectivity index (χ3v) is 2.56. The molecule has 1 aromatic rings. The molecule has 1 heterocycles. The zero-order valence-corrected chi connectivity index (χ0v) is 7.30. The zero-order valence-electron chi connectivity index (χ0n) is 7.30. The van der Waals surface area contributed by atoms with Gasteiger partial charge in [0.05, 0.1) is 0 Å². The summed E-state index contributed by atoms with van der Waals surface area (Å²) in [7, 11) is 0. The highest BCUT2D eigenvalue weighted by molar-refractivity contribution is 5.53. The van der Waals surface area contributed by atoms with Crippen LogP contribution in [0, 0.1) is 0 Å². The van der Waals surface area contributed by atoms with Crippen molar-refractivity contribution in [3.8, 4) is 0 Å². The lowest BCUT2D eigenvalue weighted by Gasteiger charge is -2.08. The maximum absolute atomic E-state index is 5.85. The van der Waals surface area contributed by atoms with E-state index in [9.17, 15) is 0 Å². The van der Waals surface area contributed by atoms with Gasteiger partial charge in [0.25, 0.3) is 0 Å². The number of benzene rings is 1. The molecule has 3 N–H and O–H groups in total. The molecule has 1 unspecified atom stereocenters. The van der Waals surface area contributed by atoms with Crippen molar-refractivity contribution < 1.29 is 0 Å². The van der Waals surface area contributed by atoms with Gasteiger partial charge in [0, 0.05) is 18.3 Å². The summed E-state index contributed by atoms with van der Waals surface area (Å²) in [6.07, 6.45) is 1.14. The predicted molar refractivity (Wildman–Crippen MR) is 50.7 cm³/mol. The van der Waals surface area contributed by atoms with Gasteiger partial charge in [-0.25, -0.2) is 0 Å². The highest BCUT2D eigenvalue weighted by Gasteiger charge is 2.20. The number of hydrogen-bond donors (Lipinski definition) is 2. The molecule has 12 heavy (non-hydrogen) atoms. The first-order valence-electron chi connectivity index (χ1n) is 4.43. The van der Waals surface area contributed by atoms with Crippen LogP contribution in [-0.2, 0) is 6.54 Å². The summed E-state index contributed by atoms with van der Waals surface area (Å²) in [5, 5.41) is 3.43. The van der Waals surface area contributed by atoms with Crippen LogP contribution in [0.15, 0.2) is 18.2 Å². The van der Waals surface area contributed by atoms with Crippen LogP contribution in [0.4, 0.5) is 5.69 Å². The van der Waals surface area contributed by atoms with Gasteiger partial charge in [0.2, 0.25) is 0 Å². The molecule has 0 amide bonds. The second kappa shape index (κ2) is 2.79. The van der Waals surface area contributed by atoms with Crippen LogP contribution in [0.5, 0.6) is 0 Å². The molecule has 1 aromatic carbocycles. The Morgan fingerprint density at radius 2 is 2.42 bits per heavy atom. The smallest absolute Gasteiger partial charge is 0.0363 e. The van der Waals surface area contributed by atoms with Gasteiger partial charge in [-0.1, -0.05) is 19.1 Å². The molecular formula is C10H14N2. The van der Waals surface area contributed by atoms with E-state index in [1.54, 1.807) is 0 Å². The fraction of sp³-hybridized carbons (Fsp3) is 0.400. The van der Waals surface area contributed by atoms with Crippen molar-refractivity contribution in [2.24, 2.45) is 0 Å². The zero-order chi connectivity index (χ0) is 8.55. The van der Waals surface area contributed by atoms with Crippen molar-refractivity contribution in [2.75, 3.05) is 5.73 Å². The number of anilines is 1. The summed E-state index contributed by atoms with van der Waals surface area (Å²) in [5.41, 5.74) is 9.46. The Labute approximate surface area is 72.8 Å². The second-order valence-electron chi connectivity index (χ2n) is 3.26. The van der Waals surface area contributed by atoms with Gasteiger partial charge in [-0.05, 0) is 23.6 Å². The Balaban J connectivity index is 2.46. The second-order valence-corrected chi connectivity index (χ2v) is 3.26. The standard InChI is InChI=1S/C10H14N2/c1-2-10-7-4-3-5-9(11)8(7)6-12-10/h3-5,10,12H,2,6,11H2,1H3. The van der Waals surface area contributed by atoms with Gasteiger partial charge in [-0.15, -0.1) is 0 Å². The van der Waals surface area contributed by atoms with E-state index in [2.05, 4.69) is 18.3 Å². The quantitative estimate of drug-likeness (QED) is 0.618. The van der Waals surface area contributed by atoms with E-state index >= 15 is 0 Å². The molecule has 0 fully saturated rings. The van der Waals surface area contributed by atoms with Crippen LogP contribution in [0.25, 0.3) is 0 Å². The van der Waals surface area contributed by atoms with Crippen molar-refractivity contribution >= 4 is 5.69 Å². The lowest BCUT2D eigenvalue weighted by molar-refractivity contribution is 0.567. The summed E-state index contributed by atoms with van der Waals surface area (Å²) in [4.78, 5) is 0. The molecule has 0 bridgehead atoms. The largest absolute Gasteiger partial charge is 0.398 e. The van der Waals surface area contributed by atoms with E-state index in [0.29, 0.717) is 6.04 Å². The number of nitrogens with two attached hydrogens (primary N) is 1. The molecule has 0 aromatic heterocycles. The first-order valence-corrected chi connectivity index (χ1v) is 4.43. The van der Waals surface area contributed by atoms with E-state index in [4.69, 9.17) is 5.73 Å². The van der Waals surface area contributed by atoms with Crippen LogP contribution in [0.2, 0.25) is 0 Å². The molecule has 1 aliphatic rings. The predicted octanol–water partition coefficient (Wildman–Crippen LogP) is 1.82. The molecule has 0 spiro atoms. The summed E-state index contributed by atoms with van der Waals surface area (Å²) >= 11 is 0. The molecule has 64 valence electrons. The van der Waals surface area contributed by atoms with Crippen molar-refractivity contribution in [1.29, 1.82) is 0 Å². The van der Waals surface area contributed by atoms with Gasteiger partial charge < -0.3 is 11.1 Å². The summed E-state index contributed by atoms with van der Waals surface area (Å²) < 4.78 is 0. The lowest BCUT2D eigenvalue weighted by Crippen LogP contribution is -2.10. The van der Waals surface area contributed by atoms with E-state index in [1.807, 2.05) is 12.1 Å². The Hall–Kier alpha value is -1.02. The van der Waals surface area contributed by atoms with Crippen molar-refractivity contribution in [2.45, 2.75) is 25.9 Å². The number of hydrogen-bond acceptors (Lipinski definition) is 2. The normalized spacial score (nSPS) is 20.9. The minimum Gasteiger partial charge on any atom is -0.398 e. The molecule has 1 aliphatic heterocycles. The molecule has 0 saturated carbocycles. The fourth-order valence-electron chi connectivity index (χ4n) is 1.85. The van der Waals surface area contributed by atoms with Crippen LogP contribution >= 0.6 is 0 Å². The Bertz CT molecular complexity index is 294. The van der Waals surface area contributed by atoms with Crippen LogP contribution in [-0.4, -0.2) is 0 Å². The summed E-state index contributed by atoms with van der Waals surface area (Å²) in [6.45, 7) is 3.12. The topological polar surface area (TPSA) is 38.0 Å². The Morgan fingerprint density at radius 1 is 1.58 bits per heavy atom. The van der Waals surface area contributed by atoms with Gasteiger partial charge in [0.15, 0.2) is 0 Å². The average Bonchev–Trinajstić information content (AvgIpc) is 2.49. The summed E-state index contributed by atoms with van der Waals surface area (Å²) in [6, 6.07) is 6.69. The maximum Gasteiger partial charge on any atom is 0.0363 e. The summed E-state index contributed by atoms with van der Waals surface area (Å²) in [5.74, 6) is 0. The molecule has 2 heteroatoms. The van der Waals surface area contributed by atoms with E-state index in [0.717, 1.165) is 18.7 Å². The van der Waals surface area contributed by atoms with Gasteiger partial charge in [0.1, 0.15) is 0 Å². The van der Waals surface area contributed by atoms with Gasteiger partial charge in [-0.3, -0.25) is 0 Å². The van der Waals surface area contributed by atoms with Crippen LogP contribution in [0.1, 0.15) is 30.5 Å². The molecule has 0 saturated heterocycles. The third kappa shape index (κ3) is 0.994. The first kappa shape index (κ1) is 7.62. The highest BCUT2D eigenvalue weighted by Crippen LogP contribution is 2.30. The molecule has 1 atom stereocenters. The number of rotatable bonds is 1. The fourth-order valence-corrected chi connectivity index (χ4v) is 1.85. The molecule has 0 aliphatic carbocycles. The van der Waals surface area contributed by atoms with Crippen molar-refractivity contribution in [3.63, 3.8) is 0 Å². The number of fused-ring (bicyclic) bond motifs is 1.